The number of carboxylic acids is 1. The molecule has 0 amide bonds. The first kappa shape index (κ1) is 17.3. The molecule has 6 heteroatoms. The summed E-state index contributed by atoms with van der Waals surface area (Å²) in [5.74, 6) is -0.538. The summed E-state index contributed by atoms with van der Waals surface area (Å²) >= 11 is 1.53. The highest BCUT2D eigenvalue weighted by Crippen LogP contribution is 2.40. The molecule has 0 aliphatic rings. The molecule has 3 rings (SSSR count). The van der Waals surface area contributed by atoms with Crippen LogP contribution in [0.4, 0.5) is 8.78 Å². The van der Waals surface area contributed by atoms with E-state index in [-0.39, 0.29) is 5.56 Å². The van der Waals surface area contributed by atoms with E-state index in [1.54, 1.807) is 19.1 Å². The van der Waals surface area contributed by atoms with Gasteiger partial charge in [-0.25, -0.2) is 4.79 Å². The fourth-order valence-electron chi connectivity index (χ4n) is 2.73. The molecule has 3 aromatic rings. The van der Waals surface area contributed by atoms with Gasteiger partial charge in [-0.2, -0.15) is 8.78 Å². The first-order chi connectivity index (χ1) is 11.7. The van der Waals surface area contributed by atoms with Crippen LogP contribution in [0, 0.1) is 11.8 Å². The van der Waals surface area contributed by atoms with Crippen LogP contribution in [0.2, 0.25) is 0 Å². The van der Waals surface area contributed by atoms with Gasteiger partial charge in [0.25, 0.3) is 0 Å². The Kier molecular flexibility index (Phi) is 4.02. The van der Waals surface area contributed by atoms with Crippen molar-refractivity contribution >= 4 is 37.5 Å². The summed E-state index contributed by atoms with van der Waals surface area (Å²) in [6.07, 6.45) is 0. The third-order valence-electron chi connectivity index (χ3n) is 4.26. The number of carbonyl (C=O) groups is 1. The second-order valence-electron chi connectivity index (χ2n) is 5.98. The summed E-state index contributed by atoms with van der Waals surface area (Å²) in [7, 11) is 0. The maximum Gasteiger partial charge on any atom is 0.376 e. The lowest BCUT2D eigenvalue weighted by Gasteiger charge is -2.31. The van der Waals surface area contributed by atoms with E-state index in [1.165, 1.54) is 17.4 Å². The minimum atomic E-state index is -4.09. The van der Waals surface area contributed by atoms with Gasteiger partial charge >= 0.3 is 11.9 Å². The Morgan fingerprint density at radius 3 is 2.36 bits per heavy atom. The predicted octanol–water partition coefficient (Wildman–Crippen LogP) is 4.32. The number of rotatable bonds is 3. The molecule has 0 bridgehead atoms. The van der Waals surface area contributed by atoms with Crippen LogP contribution in [-0.2, 0) is 10.3 Å². The number of thiophene rings is 1. The second-order valence-corrected chi connectivity index (χ2v) is 7.06. The van der Waals surface area contributed by atoms with E-state index >= 15 is 0 Å². The average molecular weight is 359 g/mol. The van der Waals surface area contributed by atoms with Crippen LogP contribution in [0.1, 0.15) is 25.0 Å². The van der Waals surface area contributed by atoms with Crippen LogP contribution in [0.3, 0.4) is 0 Å². The van der Waals surface area contributed by atoms with E-state index in [9.17, 15) is 13.6 Å². The summed E-state index contributed by atoms with van der Waals surface area (Å²) in [4.78, 5) is 10.9. The number of benzene rings is 2. The van der Waals surface area contributed by atoms with Crippen LogP contribution in [0.15, 0.2) is 36.4 Å². The maximum absolute atomic E-state index is 14.1. The number of hydrogen-bond donors (Lipinski definition) is 2. The van der Waals surface area contributed by atoms with Gasteiger partial charge < -0.3 is 10.8 Å². The van der Waals surface area contributed by atoms with E-state index in [1.807, 2.05) is 18.2 Å². The van der Waals surface area contributed by atoms with E-state index in [4.69, 9.17) is 10.8 Å². The van der Waals surface area contributed by atoms with Crippen molar-refractivity contribution in [2.75, 3.05) is 0 Å². The molecule has 1 atom stereocenters. The third kappa shape index (κ3) is 2.66. The molecule has 128 valence electrons. The monoisotopic (exact) mass is 359 g/mol. The lowest BCUT2D eigenvalue weighted by atomic mass is 9.85. The number of halogens is 2. The quantitative estimate of drug-likeness (QED) is 0.685. The number of alkyl halides is 2. The molecule has 25 heavy (non-hydrogen) atoms. The van der Waals surface area contributed by atoms with E-state index < -0.39 is 17.4 Å². The zero-order valence-electron chi connectivity index (χ0n) is 13.6. The number of aliphatic carboxylic acids is 1. The van der Waals surface area contributed by atoms with Gasteiger partial charge in [-0.05, 0) is 49.7 Å². The van der Waals surface area contributed by atoms with Crippen molar-refractivity contribution in [3.63, 3.8) is 0 Å². The molecule has 0 radical (unpaired) electrons. The van der Waals surface area contributed by atoms with Crippen molar-refractivity contribution in [1.82, 2.24) is 0 Å². The number of carboxylic acid groups (broad SMARTS) is 1. The highest BCUT2D eigenvalue weighted by atomic mass is 32.1. The highest BCUT2D eigenvalue weighted by Gasteiger charge is 2.55. The van der Waals surface area contributed by atoms with Gasteiger partial charge in [-0.15, -0.1) is 17.3 Å². The predicted molar refractivity (Wildman–Crippen MR) is 96.0 cm³/mol. The van der Waals surface area contributed by atoms with Crippen molar-refractivity contribution in [1.29, 1.82) is 0 Å². The van der Waals surface area contributed by atoms with Crippen molar-refractivity contribution < 1.29 is 18.7 Å². The van der Waals surface area contributed by atoms with Crippen molar-refractivity contribution in [3.8, 4) is 11.8 Å². The van der Waals surface area contributed by atoms with E-state index in [0.29, 0.717) is 0 Å². The lowest BCUT2D eigenvalue weighted by molar-refractivity contribution is -0.175. The minimum Gasteiger partial charge on any atom is -0.477 e. The van der Waals surface area contributed by atoms with Crippen LogP contribution in [0.5, 0.6) is 0 Å². The van der Waals surface area contributed by atoms with Gasteiger partial charge in [0.1, 0.15) is 5.54 Å². The minimum absolute atomic E-state index is 0.0686. The lowest BCUT2D eigenvalue weighted by Crippen LogP contribution is -2.55. The van der Waals surface area contributed by atoms with Gasteiger partial charge in [0.05, 0.1) is 0 Å². The van der Waals surface area contributed by atoms with Crippen LogP contribution in [0.25, 0.3) is 20.2 Å². The van der Waals surface area contributed by atoms with E-state index in [0.717, 1.165) is 32.7 Å². The molecular weight excluding hydrogens is 344 g/mol. The largest absolute Gasteiger partial charge is 0.477 e. The van der Waals surface area contributed by atoms with Crippen molar-refractivity contribution in [2.24, 2.45) is 5.73 Å². The topological polar surface area (TPSA) is 63.3 Å². The first-order valence-electron chi connectivity index (χ1n) is 7.48. The Morgan fingerprint density at radius 2 is 1.76 bits per heavy atom. The molecule has 3 nitrogen and oxygen atoms in total. The molecule has 2 aromatic carbocycles. The van der Waals surface area contributed by atoms with Gasteiger partial charge in [0, 0.05) is 25.7 Å². The fourth-order valence-corrected chi connectivity index (χ4v) is 3.79. The van der Waals surface area contributed by atoms with Crippen LogP contribution < -0.4 is 5.73 Å². The Bertz CT molecular complexity index is 1060. The Hall–Kier alpha value is -2.49. The first-order valence-corrected chi connectivity index (χ1v) is 8.30. The number of hydrogen-bond acceptors (Lipinski definition) is 3. The zero-order chi connectivity index (χ0) is 18.4. The average Bonchev–Trinajstić information content (AvgIpc) is 2.92. The SMILES string of the molecule is CC#Cc1ccc2sc3ccc([C@@](C)(N)C(F)(F)C(=O)O)cc3c2c1. The molecule has 0 saturated heterocycles. The van der Waals surface area contributed by atoms with Crippen molar-refractivity contribution in [2.45, 2.75) is 25.3 Å². The summed E-state index contributed by atoms with van der Waals surface area (Å²) in [6.45, 7) is 2.77. The normalized spacial score (nSPS) is 14.1. The van der Waals surface area contributed by atoms with Gasteiger partial charge in [-0.1, -0.05) is 12.0 Å². The fraction of sp³-hybridized carbons (Fsp3) is 0.211. The maximum atomic E-state index is 14.1. The summed E-state index contributed by atoms with van der Waals surface area (Å²) in [5.41, 5.74) is 4.31. The molecule has 3 N–H and O–H groups in total. The second kappa shape index (κ2) is 5.80. The molecular formula is C19H15F2NO2S. The molecule has 0 aliphatic carbocycles. The van der Waals surface area contributed by atoms with Crippen molar-refractivity contribution in [3.05, 3.63) is 47.5 Å². The van der Waals surface area contributed by atoms with Gasteiger partial charge in [0.15, 0.2) is 0 Å². The van der Waals surface area contributed by atoms with Gasteiger partial charge in [-0.3, -0.25) is 0 Å². The summed E-state index contributed by atoms with van der Waals surface area (Å²) in [6, 6.07) is 10.4. The van der Waals surface area contributed by atoms with Gasteiger partial charge in [0.2, 0.25) is 0 Å². The Balaban J connectivity index is 2.25. The molecule has 0 aliphatic heterocycles. The molecule has 0 fully saturated rings. The van der Waals surface area contributed by atoms with Crippen LogP contribution in [-0.4, -0.2) is 17.0 Å². The molecule has 0 spiro atoms. The van der Waals surface area contributed by atoms with E-state index in [2.05, 4.69) is 11.8 Å². The Labute approximate surface area is 147 Å². The zero-order valence-corrected chi connectivity index (χ0v) is 14.4. The Morgan fingerprint density at radius 1 is 1.16 bits per heavy atom. The molecule has 1 aromatic heterocycles. The molecule has 0 unspecified atom stereocenters. The third-order valence-corrected chi connectivity index (χ3v) is 5.41. The number of fused-ring (bicyclic) bond motifs is 3. The highest BCUT2D eigenvalue weighted by molar-refractivity contribution is 7.25. The molecule has 0 saturated carbocycles. The summed E-state index contributed by atoms with van der Waals surface area (Å²) < 4.78 is 30.1. The van der Waals surface area contributed by atoms with Crippen LogP contribution >= 0.6 is 11.3 Å². The summed E-state index contributed by atoms with van der Waals surface area (Å²) in [5, 5.41) is 10.5. The standard InChI is InChI=1S/C19H15F2NO2S/c1-3-4-11-5-7-15-13(9-11)14-10-12(6-8-16(14)25-15)18(2,22)19(20,21)17(23)24/h5-10H,22H2,1-2H3,(H,23,24)/t18-/m1/s1. The number of nitrogens with two attached hydrogens (primary N) is 1. The smallest absolute Gasteiger partial charge is 0.376 e. The molecule has 1 heterocycles.